The molecule has 1 N–H and O–H groups in total. The molecule has 1 aromatic heterocycles. The zero-order valence-electron chi connectivity index (χ0n) is 9.88. The summed E-state index contributed by atoms with van der Waals surface area (Å²) in [6.45, 7) is 1.91. The highest BCUT2D eigenvalue weighted by atomic mass is 79.9. The Morgan fingerprint density at radius 2 is 2.05 bits per heavy atom. The Labute approximate surface area is 129 Å². The summed E-state index contributed by atoms with van der Waals surface area (Å²) in [6, 6.07) is 7.07. The number of hydrogen-bond donors (Lipinski definition) is 1. The summed E-state index contributed by atoms with van der Waals surface area (Å²) < 4.78 is 0.882. The number of aryl methyl sites for hydroxylation is 1. The van der Waals surface area contributed by atoms with Crippen molar-refractivity contribution in [2.24, 2.45) is 0 Å². The molecule has 0 spiro atoms. The maximum absolute atomic E-state index is 12.2. The second-order valence-corrected chi connectivity index (χ2v) is 5.61. The van der Waals surface area contributed by atoms with Gasteiger partial charge in [0.25, 0.3) is 5.91 Å². The molecule has 0 saturated heterocycles. The van der Waals surface area contributed by atoms with E-state index in [0.717, 1.165) is 10.0 Å². The lowest BCUT2D eigenvalue weighted by atomic mass is 10.2. The van der Waals surface area contributed by atoms with Crippen molar-refractivity contribution in [3.63, 3.8) is 0 Å². The van der Waals surface area contributed by atoms with E-state index in [4.69, 9.17) is 23.2 Å². The van der Waals surface area contributed by atoms with Crippen molar-refractivity contribution >= 4 is 50.7 Å². The molecule has 0 bridgehead atoms. The minimum absolute atomic E-state index is 0.223. The summed E-state index contributed by atoms with van der Waals surface area (Å²) in [4.78, 5) is 16.0. The first kappa shape index (κ1) is 14.3. The number of carbonyl (C=O) groups is 1. The molecule has 0 aliphatic heterocycles. The molecule has 0 aliphatic rings. The maximum atomic E-state index is 12.2. The first-order valence-corrected chi connectivity index (χ1v) is 6.91. The van der Waals surface area contributed by atoms with Crippen LogP contribution in [0.4, 0.5) is 5.69 Å². The molecule has 6 heteroatoms. The molecule has 0 radical (unpaired) electrons. The molecule has 1 heterocycles. The van der Waals surface area contributed by atoms with Gasteiger partial charge in [0.1, 0.15) is 5.15 Å². The molecule has 1 amide bonds. The number of benzene rings is 1. The van der Waals surface area contributed by atoms with Gasteiger partial charge in [-0.2, -0.15) is 0 Å². The van der Waals surface area contributed by atoms with E-state index >= 15 is 0 Å². The summed E-state index contributed by atoms with van der Waals surface area (Å²) in [6.07, 6.45) is 1.35. The van der Waals surface area contributed by atoms with Crippen LogP contribution in [0.1, 0.15) is 15.9 Å². The van der Waals surface area contributed by atoms with Crippen LogP contribution in [0.2, 0.25) is 10.2 Å². The normalized spacial score (nSPS) is 10.3. The lowest BCUT2D eigenvalue weighted by Gasteiger charge is -2.10. The van der Waals surface area contributed by atoms with Gasteiger partial charge in [0.15, 0.2) is 0 Å². The molecule has 98 valence electrons. The quantitative estimate of drug-likeness (QED) is 0.789. The van der Waals surface area contributed by atoms with Gasteiger partial charge in [0, 0.05) is 16.4 Å². The number of nitrogens with zero attached hydrogens (tertiary/aromatic N) is 1. The highest BCUT2D eigenvalue weighted by Crippen LogP contribution is 2.23. The van der Waals surface area contributed by atoms with Crippen LogP contribution in [-0.2, 0) is 0 Å². The SMILES string of the molecule is Cc1ccc(Br)cc1NC(=O)c1cc(Cl)ncc1Cl. The van der Waals surface area contributed by atoms with Crippen molar-refractivity contribution < 1.29 is 4.79 Å². The van der Waals surface area contributed by atoms with Crippen LogP contribution in [0.15, 0.2) is 34.9 Å². The van der Waals surface area contributed by atoms with Crippen molar-refractivity contribution in [2.45, 2.75) is 6.92 Å². The maximum Gasteiger partial charge on any atom is 0.257 e. The molecule has 2 rings (SSSR count). The van der Waals surface area contributed by atoms with Crippen molar-refractivity contribution in [3.05, 3.63) is 56.2 Å². The number of nitrogens with one attached hydrogen (secondary N) is 1. The van der Waals surface area contributed by atoms with E-state index in [1.165, 1.54) is 12.3 Å². The number of rotatable bonds is 2. The van der Waals surface area contributed by atoms with Crippen LogP contribution in [0.3, 0.4) is 0 Å². The Hall–Kier alpha value is -1.10. The van der Waals surface area contributed by atoms with Gasteiger partial charge < -0.3 is 5.32 Å². The Bertz CT molecular complexity index is 647. The van der Waals surface area contributed by atoms with Gasteiger partial charge in [0.2, 0.25) is 0 Å². The van der Waals surface area contributed by atoms with Crippen molar-refractivity contribution in [2.75, 3.05) is 5.32 Å². The van der Waals surface area contributed by atoms with Crippen molar-refractivity contribution in [1.29, 1.82) is 0 Å². The van der Waals surface area contributed by atoms with Gasteiger partial charge >= 0.3 is 0 Å². The molecule has 3 nitrogen and oxygen atoms in total. The fraction of sp³-hybridized carbons (Fsp3) is 0.0769. The van der Waals surface area contributed by atoms with E-state index in [1.807, 2.05) is 25.1 Å². The number of amides is 1. The van der Waals surface area contributed by atoms with Gasteiger partial charge in [-0.15, -0.1) is 0 Å². The van der Waals surface area contributed by atoms with Crippen LogP contribution in [0.5, 0.6) is 0 Å². The first-order chi connectivity index (χ1) is 8.97. The average Bonchev–Trinajstić information content (AvgIpc) is 2.36. The van der Waals surface area contributed by atoms with Crippen LogP contribution in [-0.4, -0.2) is 10.9 Å². The second kappa shape index (κ2) is 5.90. The number of halogens is 3. The van der Waals surface area contributed by atoms with Gasteiger partial charge in [-0.3, -0.25) is 4.79 Å². The zero-order valence-corrected chi connectivity index (χ0v) is 13.0. The molecular formula is C13H9BrCl2N2O. The Morgan fingerprint density at radius 1 is 1.32 bits per heavy atom. The Morgan fingerprint density at radius 3 is 2.79 bits per heavy atom. The van der Waals surface area contributed by atoms with Gasteiger partial charge in [-0.1, -0.05) is 45.2 Å². The van der Waals surface area contributed by atoms with E-state index < -0.39 is 0 Å². The fourth-order valence-electron chi connectivity index (χ4n) is 1.51. The van der Waals surface area contributed by atoms with Crippen LogP contribution >= 0.6 is 39.1 Å². The highest BCUT2D eigenvalue weighted by molar-refractivity contribution is 9.10. The third-order valence-corrected chi connectivity index (χ3v) is 3.52. The standard InChI is InChI=1S/C13H9BrCl2N2O/c1-7-2-3-8(14)4-11(7)18-13(19)9-5-12(16)17-6-10(9)15/h2-6H,1H3,(H,18,19). The van der Waals surface area contributed by atoms with Crippen molar-refractivity contribution in [1.82, 2.24) is 4.98 Å². The summed E-state index contributed by atoms with van der Waals surface area (Å²) in [7, 11) is 0. The monoisotopic (exact) mass is 358 g/mol. The smallest absolute Gasteiger partial charge is 0.257 e. The van der Waals surface area contributed by atoms with E-state index in [-0.39, 0.29) is 16.1 Å². The molecular weight excluding hydrogens is 351 g/mol. The summed E-state index contributed by atoms with van der Waals surface area (Å²) in [5.41, 5.74) is 1.96. The van der Waals surface area contributed by atoms with Crippen LogP contribution in [0.25, 0.3) is 0 Å². The molecule has 19 heavy (non-hydrogen) atoms. The first-order valence-electron chi connectivity index (χ1n) is 5.36. The number of anilines is 1. The number of pyridine rings is 1. The highest BCUT2D eigenvalue weighted by Gasteiger charge is 2.13. The summed E-state index contributed by atoms with van der Waals surface area (Å²) in [5, 5.41) is 3.28. The number of aromatic nitrogens is 1. The third-order valence-electron chi connectivity index (χ3n) is 2.51. The van der Waals surface area contributed by atoms with Crippen LogP contribution in [0, 0.1) is 6.92 Å². The Balaban J connectivity index is 2.30. The average molecular weight is 360 g/mol. The summed E-state index contributed by atoms with van der Waals surface area (Å²) in [5.74, 6) is -0.324. The topological polar surface area (TPSA) is 42.0 Å². The third kappa shape index (κ3) is 3.47. The van der Waals surface area contributed by atoms with E-state index in [9.17, 15) is 4.79 Å². The molecule has 0 aliphatic carbocycles. The lowest BCUT2D eigenvalue weighted by Crippen LogP contribution is -2.13. The van der Waals surface area contributed by atoms with Gasteiger partial charge in [-0.25, -0.2) is 4.98 Å². The van der Waals surface area contributed by atoms with E-state index in [1.54, 1.807) is 0 Å². The second-order valence-electron chi connectivity index (χ2n) is 3.90. The van der Waals surface area contributed by atoms with E-state index in [2.05, 4.69) is 26.2 Å². The number of carbonyl (C=O) groups excluding carboxylic acids is 1. The van der Waals surface area contributed by atoms with Gasteiger partial charge in [0.05, 0.1) is 10.6 Å². The molecule has 0 fully saturated rings. The van der Waals surface area contributed by atoms with Gasteiger partial charge in [-0.05, 0) is 30.7 Å². The van der Waals surface area contributed by atoms with Crippen LogP contribution < -0.4 is 5.32 Å². The largest absolute Gasteiger partial charge is 0.322 e. The number of hydrogen-bond acceptors (Lipinski definition) is 2. The minimum atomic E-state index is -0.324. The fourth-order valence-corrected chi connectivity index (χ4v) is 2.21. The van der Waals surface area contributed by atoms with Crippen molar-refractivity contribution in [3.8, 4) is 0 Å². The summed E-state index contributed by atoms with van der Waals surface area (Å²) >= 11 is 15.1. The lowest BCUT2D eigenvalue weighted by molar-refractivity contribution is 0.102. The Kier molecular flexibility index (Phi) is 4.45. The zero-order chi connectivity index (χ0) is 14.0. The molecule has 2 aromatic rings. The van der Waals surface area contributed by atoms with E-state index in [0.29, 0.717) is 11.3 Å². The molecule has 0 unspecified atom stereocenters. The predicted octanol–water partition coefficient (Wildman–Crippen LogP) is 4.71. The predicted molar refractivity (Wildman–Crippen MR) is 81.1 cm³/mol. The molecule has 0 atom stereocenters. The minimum Gasteiger partial charge on any atom is -0.322 e. The molecule has 1 aromatic carbocycles. The molecule has 0 saturated carbocycles.